The lowest BCUT2D eigenvalue weighted by Gasteiger charge is -2.22. The number of nitrogens with zero attached hydrogens (tertiary/aromatic N) is 1. The van der Waals surface area contributed by atoms with Crippen LogP contribution in [-0.2, 0) is 11.2 Å². The zero-order valence-electron chi connectivity index (χ0n) is 13.1. The van der Waals surface area contributed by atoms with Crippen LogP contribution in [0.15, 0.2) is 42.7 Å². The number of benzene rings is 1. The van der Waals surface area contributed by atoms with Gasteiger partial charge in [0.2, 0.25) is 5.91 Å². The molecular weight excluding hydrogens is 309 g/mol. The molecule has 1 aliphatic heterocycles. The number of aromatic nitrogens is 1. The maximum absolute atomic E-state index is 13.0. The molecule has 0 aliphatic carbocycles. The number of piperidine rings is 1. The van der Waals surface area contributed by atoms with E-state index in [0.29, 0.717) is 24.9 Å². The van der Waals surface area contributed by atoms with E-state index in [0.717, 1.165) is 17.5 Å². The first-order valence-electron chi connectivity index (χ1n) is 7.89. The van der Waals surface area contributed by atoms with E-state index >= 15 is 0 Å². The van der Waals surface area contributed by atoms with Crippen molar-refractivity contribution >= 4 is 11.8 Å². The number of pyridine rings is 1. The molecule has 0 unspecified atom stereocenters. The Morgan fingerprint density at radius 3 is 2.79 bits per heavy atom. The maximum Gasteiger partial charge on any atom is 0.253 e. The van der Waals surface area contributed by atoms with E-state index in [4.69, 9.17) is 0 Å². The number of rotatable bonds is 4. The van der Waals surface area contributed by atoms with Gasteiger partial charge in [-0.2, -0.15) is 0 Å². The van der Waals surface area contributed by atoms with Crippen molar-refractivity contribution in [1.29, 1.82) is 0 Å². The summed E-state index contributed by atoms with van der Waals surface area (Å²) >= 11 is 0. The Morgan fingerprint density at radius 2 is 2.04 bits per heavy atom. The topological polar surface area (TPSA) is 71.1 Å². The van der Waals surface area contributed by atoms with Crippen molar-refractivity contribution in [3.05, 3.63) is 65.2 Å². The molecule has 2 N–H and O–H groups in total. The van der Waals surface area contributed by atoms with Crippen molar-refractivity contribution in [1.82, 2.24) is 15.6 Å². The molecule has 2 amide bonds. The molecule has 1 saturated heterocycles. The molecule has 0 saturated carbocycles. The van der Waals surface area contributed by atoms with E-state index in [9.17, 15) is 14.0 Å². The second-order valence-corrected chi connectivity index (χ2v) is 5.84. The third-order valence-corrected chi connectivity index (χ3v) is 3.97. The summed E-state index contributed by atoms with van der Waals surface area (Å²) in [5.41, 5.74) is 2.19. The SMILES string of the molecule is O=C(N[C@@H]1CCCNC1=O)c1cncc(Cc2ccc(F)cc2)c1. The Labute approximate surface area is 139 Å². The monoisotopic (exact) mass is 327 g/mol. The van der Waals surface area contributed by atoms with Gasteiger partial charge >= 0.3 is 0 Å². The minimum atomic E-state index is -0.494. The molecule has 5 nitrogen and oxygen atoms in total. The number of carbonyl (C=O) groups excluding carboxylic acids is 2. The molecule has 2 aromatic rings. The van der Waals surface area contributed by atoms with Gasteiger partial charge in [0, 0.05) is 18.9 Å². The lowest BCUT2D eigenvalue weighted by atomic mass is 10.0. The van der Waals surface area contributed by atoms with Crippen LogP contribution in [0.5, 0.6) is 0 Å². The summed E-state index contributed by atoms with van der Waals surface area (Å²) in [7, 11) is 0. The smallest absolute Gasteiger partial charge is 0.253 e. The highest BCUT2D eigenvalue weighted by Gasteiger charge is 2.24. The summed E-state index contributed by atoms with van der Waals surface area (Å²) in [6, 6.07) is 7.46. The Hall–Kier alpha value is -2.76. The molecule has 1 aliphatic rings. The summed E-state index contributed by atoms with van der Waals surface area (Å²) in [6.07, 6.45) is 5.19. The van der Waals surface area contributed by atoms with Crippen LogP contribution >= 0.6 is 0 Å². The molecule has 3 rings (SSSR count). The molecule has 124 valence electrons. The zero-order valence-corrected chi connectivity index (χ0v) is 13.1. The Balaban J connectivity index is 1.68. The predicted molar refractivity (Wildman–Crippen MR) is 86.9 cm³/mol. The standard InChI is InChI=1S/C18H18FN3O2/c19-15-5-3-12(4-6-15)8-13-9-14(11-20-10-13)17(23)22-16-2-1-7-21-18(16)24/h3-6,9-11,16H,1-2,7-8H2,(H,21,24)(H,22,23)/t16-/m1/s1. The first kappa shape index (κ1) is 16.1. The predicted octanol–water partition coefficient (Wildman–Crippen LogP) is 1.82. The van der Waals surface area contributed by atoms with E-state index in [1.807, 2.05) is 0 Å². The van der Waals surface area contributed by atoms with Crippen LogP contribution in [0.25, 0.3) is 0 Å². The molecule has 0 spiro atoms. The Kier molecular flexibility index (Phi) is 4.84. The van der Waals surface area contributed by atoms with Crippen LogP contribution in [-0.4, -0.2) is 29.4 Å². The Bertz CT molecular complexity index is 746. The Morgan fingerprint density at radius 1 is 1.25 bits per heavy atom. The van der Waals surface area contributed by atoms with E-state index in [1.165, 1.54) is 18.3 Å². The highest BCUT2D eigenvalue weighted by molar-refractivity contribution is 5.97. The summed E-state index contributed by atoms with van der Waals surface area (Å²) in [4.78, 5) is 28.1. The van der Waals surface area contributed by atoms with Crippen LogP contribution in [0.2, 0.25) is 0 Å². The van der Waals surface area contributed by atoms with Gasteiger partial charge in [0.1, 0.15) is 11.9 Å². The molecule has 1 fully saturated rings. The van der Waals surface area contributed by atoms with Crippen molar-refractivity contribution in [2.75, 3.05) is 6.54 Å². The first-order chi connectivity index (χ1) is 11.6. The van der Waals surface area contributed by atoms with Crippen LogP contribution in [0, 0.1) is 5.82 Å². The molecule has 1 atom stereocenters. The molecule has 0 bridgehead atoms. The minimum absolute atomic E-state index is 0.148. The minimum Gasteiger partial charge on any atom is -0.354 e. The second kappa shape index (κ2) is 7.21. The van der Waals surface area contributed by atoms with Crippen LogP contribution in [0.3, 0.4) is 0 Å². The fraction of sp³-hybridized carbons (Fsp3) is 0.278. The fourth-order valence-electron chi connectivity index (χ4n) is 2.70. The van der Waals surface area contributed by atoms with Gasteiger partial charge in [0.15, 0.2) is 0 Å². The van der Waals surface area contributed by atoms with Crippen molar-refractivity contribution in [2.24, 2.45) is 0 Å². The lowest BCUT2D eigenvalue weighted by molar-refractivity contribution is -0.124. The number of hydrogen-bond acceptors (Lipinski definition) is 3. The average molecular weight is 327 g/mol. The van der Waals surface area contributed by atoms with Crippen LogP contribution in [0.4, 0.5) is 4.39 Å². The molecule has 2 heterocycles. The summed E-state index contributed by atoms with van der Waals surface area (Å²) < 4.78 is 13.0. The van der Waals surface area contributed by atoms with E-state index in [1.54, 1.807) is 24.4 Å². The zero-order chi connectivity index (χ0) is 16.9. The molecule has 6 heteroatoms. The van der Waals surface area contributed by atoms with Gasteiger partial charge in [0.25, 0.3) is 5.91 Å². The number of nitrogens with one attached hydrogen (secondary N) is 2. The van der Waals surface area contributed by atoms with Crippen molar-refractivity contribution < 1.29 is 14.0 Å². The number of hydrogen-bond donors (Lipinski definition) is 2. The van der Waals surface area contributed by atoms with Crippen LogP contribution < -0.4 is 10.6 Å². The highest BCUT2D eigenvalue weighted by atomic mass is 19.1. The molecular formula is C18H18FN3O2. The van der Waals surface area contributed by atoms with Crippen molar-refractivity contribution in [3.8, 4) is 0 Å². The molecule has 1 aromatic heterocycles. The van der Waals surface area contributed by atoms with Crippen LogP contribution in [0.1, 0.15) is 34.3 Å². The van der Waals surface area contributed by atoms with E-state index < -0.39 is 6.04 Å². The maximum atomic E-state index is 13.0. The average Bonchev–Trinajstić information content (AvgIpc) is 2.59. The number of carbonyl (C=O) groups is 2. The summed E-state index contributed by atoms with van der Waals surface area (Å²) in [6.45, 7) is 0.653. The van der Waals surface area contributed by atoms with E-state index in [2.05, 4.69) is 15.6 Å². The molecule has 1 aromatic carbocycles. The summed E-state index contributed by atoms with van der Waals surface area (Å²) in [5.74, 6) is -0.744. The molecule has 0 radical (unpaired) electrons. The third kappa shape index (κ3) is 3.95. The van der Waals surface area contributed by atoms with Gasteiger partial charge < -0.3 is 10.6 Å². The van der Waals surface area contributed by atoms with E-state index in [-0.39, 0.29) is 17.6 Å². The highest BCUT2D eigenvalue weighted by Crippen LogP contribution is 2.12. The first-order valence-corrected chi connectivity index (χ1v) is 7.89. The normalized spacial score (nSPS) is 17.2. The van der Waals surface area contributed by atoms with Gasteiger partial charge in [-0.1, -0.05) is 12.1 Å². The summed E-state index contributed by atoms with van der Waals surface area (Å²) in [5, 5.41) is 5.48. The van der Waals surface area contributed by atoms with Crippen molar-refractivity contribution in [3.63, 3.8) is 0 Å². The third-order valence-electron chi connectivity index (χ3n) is 3.97. The van der Waals surface area contributed by atoms with Crippen molar-refractivity contribution in [2.45, 2.75) is 25.3 Å². The fourth-order valence-corrected chi connectivity index (χ4v) is 2.70. The number of halogens is 1. The largest absolute Gasteiger partial charge is 0.354 e. The molecule has 24 heavy (non-hydrogen) atoms. The van der Waals surface area contributed by atoms with Gasteiger partial charge in [-0.05, 0) is 48.6 Å². The van der Waals surface area contributed by atoms with Gasteiger partial charge in [0.05, 0.1) is 5.56 Å². The quantitative estimate of drug-likeness (QED) is 0.900. The number of amides is 2. The lowest BCUT2D eigenvalue weighted by Crippen LogP contribution is -2.50. The van der Waals surface area contributed by atoms with Gasteiger partial charge in [-0.25, -0.2) is 4.39 Å². The van der Waals surface area contributed by atoms with Gasteiger partial charge in [-0.3, -0.25) is 14.6 Å². The second-order valence-electron chi connectivity index (χ2n) is 5.84. The van der Waals surface area contributed by atoms with Gasteiger partial charge in [-0.15, -0.1) is 0 Å².